The zero-order valence-electron chi connectivity index (χ0n) is 18.1. The van der Waals surface area contributed by atoms with Gasteiger partial charge in [0, 0.05) is 38.1 Å². The summed E-state index contributed by atoms with van der Waals surface area (Å²) >= 11 is 0. The van der Waals surface area contributed by atoms with Crippen LogP contribution >= 0.6 is 0 Å². The van der Waals surface area contributed by atoms with Crippen molar-refractivity contribution in [2.24, 2.45) is 0 Å². The zero-order chi connectivity index (χ0) is 23.8. The summed E-state index contributed by atoms with van der Waals surface area (Å²) in [5.74, 6) is 0.0594. The number of benzene rings is 2. The molecule has 10 heteroatoms. The lowest BCUT2D eigenvalue weighted by Crippen LogP contribution is -2.49. The number of rotatable bonds is 5. The van der Waals surface area contributed by atoms with Gasteiger partial charge in [-0.2, -0.15) is 13.2 Å². The summed E-state index contributed by atoms with van der Waals surface area (Å²) in [6.45, 7) is 1.60. The number of nitrogens with zero attached hydrogens (tertiary/aromatic N) is 2. The van der Waals surface area contributed by atoms with Crippen molar-refractivity contribution >= 4 is 21.4 Å². The Morgan fingerprint density at radius 3 is 2.15 bits per heavy atom. The second kappa shape index (κ2) is 8.89. The van der Waals surface area contributed by atoms with Crippen LogP contribution in [0.25, 0.3) is 0 Å². The molecule has 1 aliphatic heterocycles. The third-order valence-electron chi connectivity index (χ3n) is 6.08. The van der Waals surface area contributed by atoms with Gasteiger partial charge < -0.3 is 14.5 Å². The van der Waals surface area contributed by atoms with E-state index in [9.17, 15) is 26.4 Å². The molecule has 2 aromatic rings. The average molecular weight is 483 g/mol. The summed E-state index contributed by atoms with van der Waals surface area (Å²) < 4.78 is 68.4. The molecule has 1 saturated heterocycles. The van der Waals surface area contributed by atoms with E-state index in [4.69, 9.17) is 4.74 Å². The summed E-state index contributed by atoms with van der Waals surface area (Å²) in [6, 6.07) is 9.32. The highest BCUT2D eigenvalue weighted by atomic mass is 32.2. The molecule has 1 amide bonds. The van der Waals surface area contributed by atoms with Crippen LogP contribution in [0.15, 0.2) is 47.4 Å². The Hall–Kier alpha value is -2.75. The first kappa shape index (κ1) is 23.4. The van der Waals surface area contributed by atoms with Crippen LogP contribution in [0.5, 0.6) is 5.75 Å². The van der Waals surface area contributed by atoms with Crippen LogP contribution in [0.1, 0.15) is 35.2 Å². The maximum Gasteiger partial charge on any atom is 0.416 e. The number of sulfone groups is 1. The minimum Gasteiger partial charge on any atom is -0.490 e. The first-order chi connectivity index (χ1) is 15.5. The minimum atomic E-state index is -4.39. The highest BCUT2D eigenvalue weighted by molar-refractivity contribution is 7.90. The Bertz CT molecular complexity index is 1120. The molecule has 0 radical (unpaired) electrons. The molecule has 33 heavy (non-hydrogen) atoms. The lowest BCUT2D eigenvalue weighted by Gasteiger charge is -2.36. The molecule has 2 aliphatic rings. The summed E-state index contributed by atoms with van der Waals surface area (Å²) in [7, 11) is -3.50. The van der Waals surface area contributed by atoms with Gasteiger partial charge in [-0.15, -0.1) is 0 Å². The fraction of sp³-hybridized carbons (Fsp3) is 0.435. The lowest BCUT2D eigenvalue weighted by molar-refractivity contribution is -0.137. The van der Waals surface area contributed by atoms with Crippen LogP contribution in [-0.2, 0) is 16.0 Å². The Morgan fingerprint density at radius 2 is 1.64 bits per heavy atom. The van der Waals surface area contributed by atoms with E-state index in [1.807, 2.05) is 4.90 Å². The molecule has 0 atom stereocenters. The molecule has 178 valence electrons. The van der Waals surface area contributed by atoms with Crippen molar-refractivity contribution in [3.63, 3.8) is 0 Å². The van der Waals surface area contributed by atoms with Crippen molar-refractivity contribution in [1.82, 2.24) is 4.90 Å². The number of piperazine rings is 1. The van der Waals surface area contributed by atoms with Gasteiger partial charge in [-0.25, -0.2) is 8.42 Å². The monoisotopic (exact) mass is 482 g/mol. The van der Waals surface area contributed by atoms with E-state index in [1.165, 1.54) is 24.3 Å². The molecule has 1 saturated carbocycles. The Balaban J connectivity index is 1.48. The lowest BCUT2D eigenvalue weighted by atomic mass is 9.96. The van der Waals surface area contributed by atoms with Crippen molar-refractivity contribution in [3.05, 3.63) is 53.6 Å². The molecule has 6 nitrogen and oxygen atoms in total. The standard InChI is InChI=1S/C23H25F3N2O4S/c1-33(30,31)19-9-10-21(32-18-3-2-4-18)20(15-19)22(29)28-13-11-27(12-14-28)17-7-5-16(6-8-17)23(24,25)26/h5-10,15,18H,2-4,11-14H2,1H3. The van der Waals surface area contributed by atoms with Crippen LogP contribution in [0.4, 0.5) is 18.9 Å². The number of anilines is 1. The highest BCUT2D eigenvalue weighted by Crippen LogP contribution is 2.32. The van der Waals surface area contributed by atoms with E-state index in [0.29, 0.717) is 37.6 Å². The number of ether oxygens (including phenoxy) is 1. The van der Waals surface area contributed by atoms with Crippen LogP contribution in [0.3, 0.4) is 0 Å². The van der Waals surface area contributed by atoms with E-state index in [1.54, 1.807) is 11.0 Å². The van der Waals surface area contributed by atoms with Crippen molar-refractivity contribution < 1.29 is 31.1 Å². The highest BCUT2D eigenvalue weighted by Gasteiger charge is 2.31. The molecule has 0 aromatic heterocycles. The van der Waals surface area contributed by atoms with Crippen molar-refractivity contribution in [2.45, 2.75) is 36.4 Å². The minimum absolute atomic E-state index is 0.0251. The van der Waals surface area contributed by atoms with Gasteiger partial charge in [-0.1, -0.05) is 0 Å². The molecule has 0 bridgehead atoms. The number of hydrogen-bond acceptors (Lipinski definition) is 5. The topological polar surface area (TPSA) is 66.9 Å². The molecule has 1 aliphatic carbocycles. The molecule has 1 heterocycles. The second-order valence-electron chi connectivity index (χ2n) is 8.42. The molecule has 0 unspecified atom stereocenters. The summed E-state index contributed by atoms with van der Waals surface area (Å²) in [5.41, 5.74) is 0.167. The number of carbonyl (C=O) groups excluding carboxylic acids is 1. The fourth-order valence-electron chi connectivity index (χ4n) is 3.88. The number of hydrogen-bond donors (Lipinski definition) is 0. The quantitative estimate of drug-likeness (QED) is 0.645. The van der Waals surface area contributed by atoms with Gasteiger partial charge in [0.25, 0.3) is 5.91 Å². The third kappa shape index (κ3) is 5.26. The number of carbonyl (C=O) groups is 1. The van der Waals surface area contributed by atoms with Gasteiger partial charge in [-0.05, 0) is 61.7 Å². The van der Waals surface area contributed by atoms with Gasteiger partial charge >= 0.3 is 6.18 Å². The van der Waals surface area contributed by atoms with E-state index in [-0.39, 0.29) is 22.5 Å². The van der Waals surface area contributed by atoms with Crippen LogP contribution in [0.2, 0.25) is 0 Å². The molecule has 2 aromatic carbocycles. The predicted octanol–water partition coefficient (Wildman–Crippen LogP) is 4.00. The molecular weight excluding hydrogens is 457 g/mol. The van der Waals surface area contributed by atoms with Gasteiger partial charge in [0.05, 0.1) is 22.1 Å². The number of alkyl halides is 3. The first-order valence-electron chi connectivity index (χ1n) is 10.7. The van der Waals surface area contributed by atoms with E-state index in [2.05, 4.69) is 0 Å². The summed E-state index contributed by atoms with van der Waals surface area (Å²) in [4.78, 5) is 16.9. The zero-order valence-corrected chi connectivity index (χ0v) is 19.0. The van der Waals surface area contributed by atoms with Gasteiger partial charge in [-0.3, -0.25) is 4.79 Å². The van der Waals surface area contributed by atoms with E-state index in [0.717, 1.165) is 37.7 Å². The Labute approximate surface area is 190 Å². The normalized spacial score (nSPS) is 17.6. The number of halogens is 3. The predicted molar refractivity (Wildman–Crippen MR) is 117 cm³/mol. The second-order valence-corrected chi connectivity index (χ2v) is 10.4. The Morgan fingerprint density at radius 1 is 1.00 bits per heavy atom. The maximum absolute atomic E-state index is 13.3. The van der Waals surface area contributed by atoms with E-state index < -0.39 is 21.6 Å². The van der Waals surface area contributed by atoms with E-state index >= 15 is 0 Å². The van der Waals surface area contributed by atoms with Gasteiger partial charge in [0.2, 0.25) is 0 Å². The Kier molecular flexibility index (Phi) is 6.30. The summed E-state index contributed by atoms with van der Waals surface area (Å²) in [5, 5.41) is 0. The molecular formula is C23H25F3N2O4S. The molecule has 2 fully saturated rings. The van der Waals surface area contributed by atoms with Crippen molar-refractivity contribution in [1.29, 1.82) is 0 Å². The molecule has 4 rings (SSSR count). The summed E-state index contributed by atoms with van der Waals surface area (Å²) in [6.07, 6.45) is -0.422. The average Bonchev–Trinajstić information content (AvgIpc) is 2.75. The van der Waals surface area contributed by atoms with Crippen molar-refractivity contribution in [3.8, 4) is 5.75 Å². The third-order valence-corrected chi connectivity index (χ3v) is 7.19. The van der Waals surface area contributed by atoms with Gasteiger partial charge in [0.1, 0.15) is 5.75 Å². The van der Waals surface area contributed by atoms with Gasteiger partial charge in [0.15, 0.2) is 9.84 Å². The van der Waals surface area contributed by atoms with Crippen LogP contribution in [-0.4, -0.2) is 57.8 Å². The molecule has 0 N–H and O–H groups in total. The first-order valence-corrected chi connectivity index (χ1v) is 12.6. The SMILES string of the molecule is CS(=O)(=O)c1ccc(OC2CCC2)c(C(=O)N2CCN(c3ccc(C(F)(F)F)cc3)CC2)c1. The van der Waals surface area contributed by atoms with Crippen LogP contribution in [0, 0.1) is 0 Å². The largest absolute Gasteiger partial charge is 0.490 e. The molecule has 0 spiro atoms. The smallest absolute Gasteiger partial charge is 0.416 e. The number of amides is 1. The fourth-order valence-corrected chi connectivity index (χ4v) is 4.52. The van der Waals surface area contributed by atoms with Crippen molar-refractivity contribution in [2.75, 3.05) is 37.3 Å². The van der Waals surface area contributed by atoms with Crippen LogP contribution < -0.4 is 9.64 Å². The maximum atomic E-state index is 13.3.